The number of rotatable bonds is 7. The molecule has 3 heterocycles. The number of phenols is 1. The number of phenolic OH excluding ortho intramolecular Hbond substituents is 1. The van der Waals surface area contributed by atoms with Crippen LogP contribution in [0, 0.1) is 6.92 Å². The highest BCUT2D eigenvalue weighted by atomic mass is 19.4. The van der Waals surface area contributed by atoms with E-state index in [-0.39, 0.29) is 35.0 Å². The molecule has 0 spiro atoms. The van der Waals surface area contributed by atoms with Gasteiger partial charge in [0, 0.05) is 56.6 Å². The van der Waals surface area contributed by atoms with Crippen molar-refractivity contribution < 1.29 is 27.8 Å². The third kappa shape index (κ3) is 6.65. The molecule has 0 aliphatic carbocycles. The lowest BCUT2D eigenvalue weighted by molar-refractivity contribution is -0.138. The monoisotopic (exact) mass is 631 g/mol. The van der Waals surface area contributed by atoms with Gasteiger partial charge in [-0.2, -0.15) is 23.3 Å². The second-order valence-corrected chi connectivity index (χ2v) is 11.4. The summed E-state index contributed by atoms with van der Waals surface area (Å²) in [6, 6.07) is 15.2. The maximum absolute atomic E-state index is 14.1. The number of hydrogen-bond acceptors (Lipinski definition) is 8. The molecule has 13 heteroatoms. The van der Waals surface area contributed by atoms with Crippen molar-refractivity contribution in [2.24, 2.45) is 7.05 Å². The third-order valence-electron chi connectivity index (χ3n) is 7.98. The number of carbonyl (C=O) groups excluding carboxylic acids is 1. The van der Waals surface area contributed by atoms with Crippen LogP contribution in [-0.2, 0) is 19.8 Å². The van der Waals surface area contributed by atoms with Gasteiger partial charge in [0.2, 0.25) is 5.88 Å². The molecule has 1 aliphatic heterocycles. The predicted octanol–water partition coefficient (Wildman–Crippen LogP) is 5.86. The van der Waals surface area contributed by atoms with Gasteiger partial charge in [0.1, 0.15) is 16.9 Å². The minimum Gasteiger partial charge on any atom is -0.508 e. The Morgan fingerprint density at radius 3 is 2.52 bits per heavy atom. The van der Waals surface area contributed by atoms with Crippen LogP contribution < -0.4 is 10.1 Å². The van der Waals surface area contributed by atoms with E-state index in [4.69, 9.17) is 4.74 Å². The Bertz CT molecular complexity index is 1920. The molecule has 1 fully saturated rings. The molecule has 0 atom stereocenters. The topological polar surface area (TPSA) is 109 Å². The van der Waals surface area contributed by atoms with E-state index >= 15 is 0 Å². The summed E-state index contributed by atoms with van der Waals surface area (Å²) in [5.74, 6) is 0.250. The zero-order valence-corrected chi connectivity index (χ0v) is 25.5. The van der Waals surface area contributed by atoms with Crippen LogP contribution in [0.15, 0.2) is 66.9 Å². The first-order chi connectivity index (χ1) is 21.9. The van der Waals surface area contributed by atoms with Crippen LogP contribution in [0.25, 0.3) is 22.4 Å². The zero-order valence-electron chi connectivity index (χ0n) is 25.5. The van der Waals surface area contributed by atoms with E-state index in [1.165, 1.54) is 30.3 Å². The number of fused-ring (bicyclic) bond motifs is 1. The molecule has 0 bridgehead atoms. The average molecular weight is 632 g/mol. The highest BCUT2D eigenvalue weighted by molar-refractivity contribution is 6.04. The molecule has 10 nitrogen and oxygen atoms in total. The average Bonchev–Trinajstić information content (AvgIpc) is 3.40. The Kier molecular flexibility index (Phi) is 8.36. The molecule has 2 N–H and O–H groups in total. The van der Waals surface area contributed by atoms with Crippen LogP contribution in [0.4, 0.5) is 18.9 Å². The summed E-state index contributed by atoms with van der Waals surface area (Å²) in [4.78, 5) is 26.6. The molecule has 1 aliphatic rings. The Morgan fingerprint density at radius 2 is 1.78 bits per heavy atom. The second-order valence-electron chi connectivity index (χ2n) is 11.4. The van der Waals surface area contributed by atoms with Crippen molar-refractivity contribution in [3.8, 4) is 28.8 Å². The van der Waals surface area contributed by atoms with E-state index in [1.807, 2.05) is 11.9 Å². The van der Waals surface area contributed by atoms with Crippen molar-refractivity contribution in [2.45, 2.75) is 19.6 Å². The van der Waals surface area contributed by atoms with Crippen molar-refractivity contribution in [1.29, 1.82) is 0 Å². The van der Waals surface area contributed by atoms with Gasteiger partial charge in [0.15, 0.2) is 11.5 Å². The smallest absolute Gasteiger partial charge is 0.416 e. The van der Waals surface area contributed by atoms with Gasteiger partial charge in [0.05, 0.1) is 11.8 Å². The molecule has 3 aromatic carbocycles. The van der Waals surface area contributed by atoms with Gasteiger partial charge < -0.3 is 20.1 Å². The van der Waals surface area contributed by atoms with E-state index < -0.39 is 17.6 Å². The minimum atomic E-state index is -4.58. The van der Waals surface area contributed by atoms with E-state index in [0.29, 0.717) is 46.8 Å². The lowest BCUT2D eigenvalue weighted by Crippen LogP contribution is -2.44. The fourth-order valence-electron chi connectivity index (χ4n) is 5.31. The number of amides is 1. The summed E-state index contributed by atoms with van der Waals surface area (Å²) < 4.78 is 50.1. The first-order valence-corrected chi connectivity index (χ1v) is 14.6. The molecule has 0 saturated carbocycles. The largest absolute Gasteiger partial charge is 0.508 e. The van der Waals surface area contributed by atoms with Crippen LogP contribution in [0.3, 0.4) is 0 Å². The molecular weight excluding hydrogens is 599 g/mol. The van der Waals surface area contributed by atoms with Crippen molar-refractivity contribution in [2.75, 3.05) is 38.5 Å². The second kappa shape index (κ2) is 12.4. The number of nitrogens with one attached hydrogen (secondary N) is 1. The maximum Gasteiger partial charge on any atom is 0.416 e. The molecule has 0 radical (unpaired) electrons. The number of nitrogens with zero attached hydrogens (tertiary/aromatic N) is 6. The summed E-state index contributed by atoms with van der Waals surface area (Å²) in [7, 11) is 3.72. The molecule has 0 unspecified atom stereocenters. The lowest BCUT2D eigenvalue weighted by atomic mass is 10.0. The number of anilines is 1. The van der Waals surface area contributed by atoms with Gasteiger partial charge >= 0.3 is 6.18 Å². The Balaban J connectivity index is 1.26. The number of piperazine rings is 1. The number of benzene rings is 3. The lowest BCUT2D eigenvalue weighted by Gasteiger charge is -2.33. The van der Waals surface area contributed by atoms with Crippen LogP contribution >= 0.6 is 0 Å². The first-order valence-electron chi connectivity index (χ1n) is 14.6. The highest BCUT2D eigenvalue weighted by Crippen LogP contribution is 2.36. The van der Waals surface area contributed by atoms with Gasteiger partial charge in [-0.3, -0.25) is 14.4 Å². The van der Waals surface area contributed by atoms with Crippen LogP contribution in [-0.4, -0.2) is 73.8 Å². The van der Waals surface area contributed by atoms with Gasteiger partial charge in [-0.1, -0.05) is 24.3 Å². The number of carbonyl (C=O) groups is 1. The maximum atomic E-state index is 14.1. The fraction of sp³-hybridized carbons (Fsp3) is 0.273. The van der Waals surface area contributed by atoms with Crippen molar-refractivity contribution in [1.82, 2.24) is 29.5 Å². The van der Waals surface area contributed by atoms with E-state index in [1.54, 1.807) is 49.1 Å². The number of halogens is 3. The molecule has 5 aromatic rings. The minimum absolute atomic E-state index is 0.0334. The Hall–Kier alpha value is -5.01. The number of aromatic nitrogens is 4. The van der Waals surface area contributed by atoms with Crippen molar-refractivity contribution in [3.63, 3.8) is 0 Å². The number of alkyl halides is 3. The van der Waals surface area contributed by atoms with Gasteiger partial charge in [-0.05, 0) is 61.5 Å². The van der Waals surface area contributed by atoms with Crippen LogP contribution in [0.1, 0.15) is 27.0 Å². The molecule has 46 heavy (non-hydrogen) atoms. The molecule has 6 rings (SSSR count). The molecule has 2 aromatic heterocycles. The van der Waals surface area contributed by atoms with Crippen LogP contribution in [0.5, 0.6) is 17.4 Å². The summed E-state index contributed by atoms with van der Waals surface area (Å²) in [6.45, 7) is 4.92. The van der Waals surface area contributed by atoms with Gasteiger partial charge in [-0.25, -0.2) is 4.98 Å². The van der Waals surface area contributed by atoms with Crippen LogP contribution in [0.2, 0.25) is 0 Å². The molecule has 238 valence electrons. The molecule has 1 amide bonds. The van der Waals surface area contributed by atoms with Crippen molar-refractivity contribution >= 4 is 22.6 Å². The number of likely N-dealkylation sites (N-methyl/N-ethyl adjacent to an activating group) is 1. The van der Waals surface area contributed by atoms with E-state index in [0.717, 1.165) is 19.2 Å². The van der Waals surface area contributed by atoms with E-state index in [2.05, 4.69) is 25.3 Å². The number of hydrogen-bond donors (Lipinski definition) is 2. The summed E-state index contributed by atoms with van der Waals surface area (Å²) in [5, 5.41) is 17.4. The highest BCUT2D eigenvalue weighted by Gasteiger charge is 2.34. The molecule has 1 saturated heterocycles. The standard InChI is InChI=1S/C33H32F3N7O3/c1-20-7-8-22(31(45)38-24-10-9-23(27(17-24)33(34,35)36)19-43-13-11-41(2)12-14-43)16-28(20)46-32-26-18-37-42(3)30(26)39-29(40-32)21-5-4-6-25(44)15-21/h4-10,15-18,44H,11-14,19H2,1-3H3,(H,38,45). The number of ether oxygens (including phenoxy) is 1. The van der Waals surface area contributed by atoms with E-state index in [9.17, 15) is 23.1 Å². The first kappa shape index (κ1) is 31.0. The third-order valence-corrected chi connectivity index (χ3v) is 7.98. The fourth-order valence-corrected chi connectivity index (χ4v) is 5.31. The SMILES string of the molecule is Cc1ccc(C(=O)Nc2ccc(CN3CCN(C)CC3)c(C(F)(F)F)c2)cc1Oc1nc(-c2cccc(O)c2)nc2c1cnn2C. The Morgan fingerprint density at radius 1 is 1.00 bits per heavy atom. The zero-order chi connectivity index (χ0) is 32.6. The van der Waals surface area contributed by atoms with Gasteiger partial charge in [0.25, 0.3) is 5.91 Å². The summed E-state index contributed by atoms with van der Waals surface area (Å²) in [6.07, 6.45) is -3.02. The normalized spacial score (nSPS) is 14.5. The number of aryl methyl sites for hydroxylation is 2. The van der Waals surface area contributed by atoms with Crippen molar-refractivity contribution in [3.05, 3.63) is 89.1 Å². The number of aromatic hydroxyl groups is 1. The summed E-state index contributed by atoms with van der Waals surface area (Å²) in [5.41, 5.74) is 1.35. The quantitative estimate of drug-likeness (QED) is 0.230. The van der Waals surface area contributed by atoms with Gasteiger partial charge in [-0.15, -0.1) is 0 Å². The molecular formula is C33H32F3N7O3. The predicted molar refractivity (Wildman–Crippen MR) is 167 cm³/mol. The summed E-state index contributed by atoms with van der Waals surface area (Å²) >= 11 is 0. The Labute approximate surface area is 263 Å².